The Bertz CT molecular complexity index is 402. The summed E-state index contributed by atoms with van der Waals surface area (Å²) in [5.41, 5.74) is -0.293. The van der Waals surface area contributed by atoms with E-state index in [1.165, 1.54) is 10.8 Å². The Morgan fingerprint density at radius 3 is 2.75 bits per heavy atom. The van der Waals surface area contributed by atoms with E-state index in [9.17, 15) is 18.0 Å². The van der Waals surface area contributed by atoms with E-state index in [1.54, 1.807) is 12.1 Å². The maximum Gasteiger partial charge on any atom is 0.411 e. The summed E-state index contributed by atoms with van der Waals surface area (Å²) in [6.07, 6.45) is -2.84. The third-order valence-corrected chi connectivity index (χ3v) is 2.32. The first kappa shape index (κ1) is 13.2. The van der Waals surface area contributed by atoms with Gasteiger partial charge in [0.15, 0.2) is 0 Å². The first-order valence-electron chi connectivity index (χ1n) is 4.39. The second kappa shape index (κ2) is 5.49. The summed E-state index contributed by atoms with van der Waals surface area (Å²) in [5.74, 6) is 0. The van der Waals surface area contributed by atoms with E-state index >= 15 is 0 Å². The van der Waals surface area contributed by atoms with E-state index in [2.05, 4.69) is 20.7 Å². The van der Waals surface area contributed by atoms with Gasteiger partial charge in [-0.25, -0.2) is 0 Å². The molecule has 0 atom stereocenters. The number of ether oxygens (including phenoxy) is 1. The lowest BCUT2D eigenvalue weighted by Gasteiger charge is -2.09. The van der Waals surface area contributed by atoms with Crippen molar-refractivity contribution in [3.05, 3.63) is 33.2 Å². The molecular weight excluding hydrogens is 291 g/mol. The van der Waals surface area contributed by atoms with Crippen LogP contribution in [0.25, 0.3) is 0 Å². The van der Waals surface area contributed by atoms with E-state index in [1.807, 2.05) is 0 Å². The number of rotatable bonds is 4. The number of hydrogen-bond donors (Lipinski definition) is 0. The molecule has 1 rings (SSSR count). The fraction of sp³-hybridized carbons (Fsp3) is 0.444. The summed E-state index contributed by atoms with van der Waals surface area (Å²) in [6, 6.07) is 3.19. The summed E-state index contributed by atoms with van der Waals surface area (Å²) >= 11 is 3.03. The Morgan fingerprint density at radius 1 is 1.44 bits per heavy atom. The van der Waals surface area contributed by atoms with Crippen LogP contribution in [-0.2, 0) is 11.3 Å². The topological polar surface area (TPSA) is 31.2 Å². The van der Waals surface area contributed by atoms with Crippen LogP contribution in [0.2, 0.25) is 0 Å². The molecular formula is C9H9BrF3NO2. The van der Waals surface area contributed by atoms with Gasteiger partial charge in [0, 0.05) is 12.7 Å². The van der Waals surface area contributed by atoms with Crippen LogP contribution in [0.5, 0.6) is 0 Å². The molecule has 1 heterocycles. The van der Waals surface area contributed by atoms with Gasteiger partial charge in [-0.1, -0.05) is 0 Å². The molecule has 0 fully saturated rings. The Balaban J connectivity index is 2.44. The number of pyridine rings is 1. The van der Waals surface area contributed by atoms with Crippen LogP contribution in [0.1, 0.15) is 0 Å². The van der Waals surface area contributed by atoms with Crippen LogP contribution in [0, 0.1) is 0 Å². The molecule has 0 spiro atoms. The minimum Gasteiger partial charge on any atom is -0.370 e. The van der Waals surface area contributed by atoms with E-state index in [0.717, 1.165) is 0 Å². The normalized spacial score (nSPS) is 11.8. The smallest absolute Gasteiger partial charge is 0.370 e. The average molecular weight is 300 g/mol. The second-order valence-electron chi connectivity index (χ2n) is 3.02. The first-order valence-corrected chi connectivity index (χ1v) is 5.19. The molecule has 0 bridgehead atoms. The number of nitrogens with zero attached hydrogens (tertiary/aromatic N) is 1. The van der Waals surface area contributed by atoms with Gasteiger partial charge in [-0.05, 0) is 28.1 Å². The highest BCUT2D eigenvalue weighted by Crippen LogP contribution is 2.14. The van der Waals surface area contributed by atoms with Gasteiger partial charge in [0.25, 0.3) is 5.56 Å². The molecule has 0 aliphatic rings. The van der Waals surface area contributed by atoms with Crippen LogP contribution in [-0.4, -0.2) is 24.0 Å². The van der Waals surface area contributed by atoms with E-state index in [4.69, 9.17) is 0 Å². The lowest BCUT2D eigenvalue weighted by atomic mass is 10.4. The third kappa shape index (κ3) is 4.36. The predicted octanol–water partition coefficient (Wildman–Crippen LogP) is 2.19. The maximum absolute atomic E-state index is 11.7. The highest BCUT2D eigenvalue weighted by molar-refractivity contribution is 9.10. The van der Waals surface area contributed by atoms with Crippen molar-refractivity contribution < 1.29 is 17.9 Å². The Labute approximate surface area is 98.0 Å². The minimum absolute atomic E-state index is 0.0916. The van der Waals surface area contributed by atoms with Crippen LogP contribution in [0.3, 0.4) is 0 Å². The third-order valence-electron chi connectivity index (χ3n) is 1.72. The Morgan fingerprint density at radius 2 is 2.12 bits per heavy atom. The SMILES string of the molecule is O=c1c(Br)cccn1CCOCC(F)(F)F. The van der Waals surface area contributed by atoms with Crippen molar-refractivity contribution in [1.82, 2.24) is 4.57 Å². The lowest BCUT2D eigenvalue weighted by Crippen LogP contribution is -2.24. The Kier molecular flexibility index (Phi) is 4.55. The quantitative estimate of drug-likeness (QED) is 0.798. The molecule has 3 nitrogen and oxygen atoms in total. The Hall–Kier alpha value is -0.820. The van der Waals surface area contributed by atoms with Gasteiger partial charge >= 0.3 is 6.18 Å². The van der Waals surface area contributed by atoms with Gasteiger partial charge in [0.2, 0.25) is 0 Å². The zero-order chi connectivity index (χ0) is 12.2. The summed E-state index contributed by atoms with van der Waals surface area (Å²) in [7, 11) is 0. The molecule has 1 aromatic heterocycles. The zero-order valence-electron chi connectivity index (χ0n) is 8.13. The summed E-state index contributed by atoms with van der Waals surface area (Å²) in [4.78, 5) is 11.4. The standard InChI is InChI=1S/C9H9BrF3NO2/c10-7-2-1-3-14(8(7)15)4-5-16-6-9(11,12)13/h1-3H,4-6H2. The van der Waals surface area contributed by atoms with Crippen molar-refractivity contribution >= 4 is 15.9 Å². The van der Waals surface area contributed by atoms with Crippen molar-refractivity contribution in [2.75, 3.05) is 13.2 Å². The van der Waals surface area contributed by atoms with Crippen molar-refractivity contribution in [1.29, 1.82) is 0 Å². The number of halogens is 4. The van der Waals surface area contributed by atoms with E-state index in [0.29, 0.717) is 4.47 Å². The van der Waals surface area contributed by atoms with Gasteiger partial charge in [0.1, 0.15) is 6.61 Å². The predicted molar refractivity (Wildman–Crippen MR) is 55.3 cm³/mol. The van der Waals surface area contributed by atoms with Crippen molar-refractivity contribution in [3.63, 3.8) is 0 Å². The van der Waals surface area contributed by atoms with Crippen LogP contribution in [0.4, 0.5) is 13.2 Å². The van der Waals surface area contributed by atoms with Crippen molar-refractivity contribution in [2.24, 2.45) is 0 Å². The van der Waals surface area contributed by atoms with Crippen molar-refractivity contribution in [3.8, 4) is 0 Å². The molecule has 0 aromatic carbocycles. The molecule has 0 aliphatic heterocycles. The summed E-state index contributed by atoms with van der Waals surface area (Å²) in [5, 5.41) is 0. The first-order chi connectivity index (χ1) is 7.40. The molecule has 90 valence electrons. The number of aromatic nitrogens is 1. The molecule has 0 aliphatic carbocycles. The molecule has 0 saturated carbocycles. The van der Waals surface area contributed by atoms with Gasteiger partial charge in [-0.2, -0.15) is 13.2 Å². The molecule has 7 heteroatoms. The molecule has 1 aromatic rings. The minimum atomic E-state index is -4.33. The number of hydrogen-bond acceptors (Lipinski definition) is 2. The monoisotopic (exact) mass is 299 g/mol. The number of alkyl halides is 3. The maximum atomic E-state index is 11.7. The fourth-order valence-electron chi connectivity index (χ4n) is 1.03. The van der Waals surface area contributed by atoms with Crippen LogP contribution < -0.4 is 5.56 Å². The molecule has 16 heavy (non-hydrogen) atoms. The van der Waals surface area contributed by atoms with Gasteiger partial charge in [0.05, 0.1) is 11.1 Å². The zero-order valence-corrected chi connectivity index (χ0v) is 9.71. The molecule has 0 unspecified atom stereocenters. The lowest BCUT2D eigenvalue weighted by molar-refractivity contribution is -0.174. The highest BCUT2D eigenvalue weighted by atomic mass is 79.9. The van der Waals surface area contributed by atoms with Crippen LogP contribution in [0.15, 0.2) is 27.6 Å². The summed E-state index contributed by atoms with van der Waals surface area (Å²) < 4.78 is 41.2. The van der Waals surface area contributed by atoms with Crippen LogP contribution >= 0.6 is 15.9 Å². The second-order valence-corrected chi connectivity index (χ2v) is 3.88. The van der Waals surface area contributed by atoms with E-state index in [-0.39, 0.29) is 18.7 Å². The van der Waals surface area contributed by atoms with Crippen molar-refractivity contribution in [2.45, 2.75) is 12.7 Å². The molecule has 0 N–H and O–H groups in total. The van der Waals surface area contributed by atoms with Gasteiger partial charge < -0.3 is 9.30 Å². The summed E-state index contributed by atoms with van der Waals surface area (Å²) in [6.45, 7) is -1.36. The molecule has 0 radical (unpaired) electrons. The largest absolute Gasteiger partial charge is 0.411 e. The van der Waals surface area contributed by atoms with Gasteiger partial charge in [-0.3, -0.25) is 4.79 Å². The fourth-order valence-corrected chi connectivity index (χ4v) is 1.41. The van der Waals surface area contributed by atoms with E-state index < -0.39 is 12.8 Å². The average Bonchev–Trinajstić information content (AvgIpc) is 2.17. The molecule has 0 amide bonds. The van der Waals surface area contributed by atoms with Gasteiger partial charge in [-0.15, -0.1) is 0 Å². The molecule has 0 saturated heterocycles. The highest BCUT2D eigenvalue weighted by Gasteiger charge is 2.27.